The summed E-state index contributed by atoms with van der Waals surface area (Å²) in [4.78, 5) is 37.8. The molecular formula is C25H26N4O4S. The van der Waals surface area contributed by atoms with Gasteiger partial charge in [-0.15, -0.1) is 0 Å². The van der Waals surface area contributed by atoms with Crippen molar-refractivity contribution in [3.63, 3.8) is 0 Å². The van der Waals surface area contributed by atoms with Gasteiger partial charge in [-0.3, -0.25) is 9.69 Å². The Bertz CT molecular complexity index is 1120. The van der Waals surface area contributed by atoms with Crippen molar-refractivity contribution < 1.29 is 18.7 Å². The lowest BCUT2D eigenvalue weighted by atomic mass is 9.99. The number of thioether (sulfide) groups is 1. The van der Waals surface area contributed by atoms with Gasteiger partial charge >= 0.3 is 6.09 Å². The van der Waals surface area contributed by atoms with E-state index in [0.29, 0.717) is 36.3 Å². The molecule has 4 heterocycles. The molecule has 2 aromatic heterocycles. The summed E-state index contributed by atoms with van der Waals surface area (Å²) in [5.74, 6) is 0.998. The van der Waals surface area contributed by atoms with Crippen molar-refractivity contribution in [1.29, 1.82) is 0 Å². The van der Waals surface area contributed by atoms with Crippen LogP contribution >= 0.6 is 11.8 Å². The number of piperidine rings is 1. The van der Waals surface area contributed by atoms with E-state index in [0.717, 1.165) is 19.3 Å². The first-order valence-corrected chi connectivity index (χ1v) is 12.4. The summed E-state index contributed by atoms with van der Waals surface area (Å²) in [7, 11) is 0. The molecule has 5 rings (SSSR count). The Morgan fingerprint density at radius 1 is 1.09 bits per heavy atom. The second-order valence-corrected chi connectivity index (χ2v) is 9.37. The number of furan rings is 1. The number of cyclic esters (lactones) is 1. The van der Waals surface area contributed by atoms with Crippen LogP contribution in [-0.4, -0.2) is 69.3 Å². The van der Waals surface area contributed by atoms with E-state index in [2.05, 4.69) is 22.1 Å². The minimum Gasteiger partial charge on any atom is -0.463 e. The van der Waals surface area contributed by atoms with Crippen LogP contribution in [0.1, 0.15) is 18.4 Å². The number of carbonyl (C=O) groups is 2. The van der Waals surface area contributed by atoms with Crippen LogP contribution in [0.2, 0.25) is 0 Å². The Morgan fingerprint density at radius 3 is 2.68 bits per heavy atom. The highest BCUT2D eigenvalue weighted by Crippen LogP contribution is 2.27. The van der Waals surface area contributed by atoms with Gasteiger partial charge in [0.05, 0.1) is 18.1 Å². The number of rotatable bonds is 7. The molecule has 2 saturated heterocycles. The number of hydrogen-bond donors (Lipinski definition) is 0. The molecule has 34 heavy (non-hydrogen) atoms. The van der Waals surface area contributed by atoms with Gasteiger partial charge in [0.1, 0.15) is 12.3 Å². The highest BCUT2D eigenvalue weighted by molar-refractivity contribution is 7.99. The third-order valence-electron chi connectivity index (χ3n) is 6.26. The molecule has 2 aliphatic rings. The number of hydrogen-bond acceptors (Lipinski definition) is 7. The number of ether oxygens (including phenoxy) is 1. The summed E-state index contributed by atoms with van der Waals surface area (Å²) in [6, 6.07) is 15.7. The zero-order chi connectivity index (χ0) is 23.3. The second kappa shape index (κ2) is 10.3. The molecule has 0 unspecified atom stereocenters. The SMILES string of the molecule is O=C(CSc1nccc(-c2ccco2)n1)N1CCC(N2C(=O)OC[C@H]2Cc2ccccc2)CC1. The van der Waals surface area contributed by atoms with E-state index in [-0.39, 0.29) is 29.8 Å². The number of nitrogens with zero attached hydrogens (tertiary/aromatic N) is 4. The number of benzene rings is 1. The lowest BCUT2D eigenvalue weighted by Crippen LogP contribution is -2.50. The maximum Gasteiger partial charge on any atom is 0.410 e. The molecule has 1 atom stereocenters. The van der Waals surface area contributed by atoms with E-state index >= 15 is 0 Å². The maximum absolute atomic E-state index is 12.8. The number of amides is 2. The molecule has 0 radical (unpaired) electrons. The van der Waals surface area contributed by atoms with Crippen molar-refractivity contribution in [2.75, 3.05) is 25.4 Å². The highest BCUT2D eigenvalue weighted by Gasteiger charge is 2.39. The number of carbonyl (C=O) groups excluding carboxylic acids is 2. The Balaban J connectivity index is 1.13. The zero-order valence-electron chi connectivity index (χ0n) is 18.7. The Hall–Kier alpha value is -3.33. The van der Waals surface area contributed by atoms with Crippen LogP contribution in [0.4, 0.5) is 4.79 Å². The molecule has 0 N–H and O–H groups in total. The predicted octanol–water partition coefficient (Wildman–Crippen LogP) is 3.88. The average molecular weight is 479 g/mol. The van der Waals surface area contributed by atoms with Gasteiger partial charge in [-0.05, 0) is 43.0 Å². The fourth-order valence-corrected chi connectivity index (χ4v) is 5.28. The molecule has 3 aromatic rings. The third kappa shape index (κ3) is 5.09. The molecule has 0 aliphatic carbocycles. The van der Waals surface area contributed by atoms with E-state index < -0.39 is 0 Å². The van der Waals surface area contributed by atoms with Crippen LogP contribution in [0.25, 0.3) is 11.5 Å². The van der Waals surface area contributed by atoms with Crippen molar-refractivity contribution in [1.82, 2.24) is 19.8 Å². The average Bonchev–Trinajstić information content (AvgIpc) is 3.54. The number of likely N-dealkylation sites (tertiary alicyclic amines) is 1. The van der Waals surface area contributed by atoms with E-state index in [9.17, 15) is 9.59 Å². The predicted molar refractivity (Wildman–Crippen MR) is 127 cm³/mol. The van der Waals surface area contributed by atoms with Crippen LogP contribution in [0.5, 0.6) is 0 Å². The van der Waals surface area contributed by atoms with Crippen LogP contribution in [0, 0.1) is 0 Å². The quantitative estimate of drug-likeness (QED) is 0.376. The molecule has 176 valence electrons. The van der Waals surface area contributed by atoms with Crippen molar-refractivity contribution in [2.24, 2.45) is 0 Å². The van der Waals surface area contributed by atoms with E-state index in [1.165, 1.54) is 17.3 Å². The molecule has 2 aliphatic heterocycles. The second-order valence-electron chi connectivity index (χ2n) is 8.43. The number of aromatic nitrogens is 2. The standard InChI is InChI=1S/C25H26N4O4S/c30-23(17-34-24-26-11-8-21(27-24)22-7-4-14-32-22)28-12-9-19(10-13-28)29-20(16-33-25(29)31)15-18-5-2-1-3-6-18/h1-8,11,14,19-20H,9-10,12-13,15-17H2/t20-/m1/s1. The molecule has 0 saturated carbocycles. The van der Waals surface area contributed by atoms with Crippen LogP contribution < -0.4 is 0 Å². The van der Waals surface area contributed by atoms with Gasteiger partial charge in [-0.1, -0.05) is 42.1 Å². The minimum atomic E-state index is -0.241. The largest absolute Gasteiger partial charge is 0.463 e. The summed E-state index contributed by atoms with van der Waals surface area (Å²) in [5.41, 5.74) is 1.89. The van der Waals surface area contributed by atoms with Gasteiger partial charge in [-0.25, -0.2) is 14.8 Å². The van der Waals surface area contributed by atoms with Gasteiger partial charge in [0.2, 0.25) is 5.91 Å². The maximum atomic E-state index is 12.8. The highest BCUT2D eigenvalue weighted by atomic mass is 32.2. The van der Waals surface area contributed by atoms with Crippen LogP contribution in [-0.2, 0) is 16.0 Å². The molecule has 2 fully saturated rings. The monoisotopic (exact) mass is 478 g/mol. The Morgan fingerprint density at radius 2 is 1.91 bits per heavy atom. The fraction of sp³-hybridized carbons (Fsp3) is 0.360. The summed E-state index contributed by atoms with van der Waals surface area (Å²) in [6.07, 6.45) is 5.31. The van der Waals surface area contributed by atoms with Crippen LogP contribution in [0.3, 0.4) is 0 Å². The minimum absolute atomic E-state index is 0.0382. The Kier molecular flexibility index (Phi) is 6.80. The lowest BCUT2D eigenvalue weighted by Gasteiger charge is -2.37. The summed E-state index contributed by atoms with van der Waals surface area (Å²) >= 11 is 1.32. The topological polar surface area (TPSA) is 88.8 Å². The first kappa shape index (κ1) is 22.5. The molecule has 8 nitrogen and oxygen atoms in total. The normalized spacial score (nSPS) is 18.8. The van der Waals surface area contributed by atoms with Gasteiger partial charge in [0.25, 0.3) is 0 Å². The van der Waals surface area contributed by atoms with Crippen LogP contribution in [0.15, 0.2) is 70.6 Å². The molecule has 9 heteroatoms. The van der Waals surface area contributed by atoms with E-state index in [1.807, 2.05) is 40.1 Å². The van der Waals surface area contributed by atoms with Gasteiger partial charge in [0.15, 0.2) is 10.9 Å². The van der Waals surface area contributed by atoms with E-state index in [4.69, 9.17) is 9.15 Å². The van der Waals surface area contributed by atoms with Crippen molar-refractivity contribution in [2.45, 2.75) is 36.5 Å². The van der Waals surface area contributed by atoms with E-state index in [1.54, 1.807) is 18.5 Å². The summed E-state index contributed by atoms with van der Waals surface area (Å²) in [5, 5.41) is 0.542. The summed E-state index contributed by atoms with van der Waals surface area (Å²) in [6.45, 7) is 1.67. The molecule has 0 bridgehead atoms. The lowest BCUT2D eigenvalue weighted by molar-refractivity contribution is -0.129. The molecular weight excluding hydrogens is 452 g/mol. The van der Waals surface area contributed by atoms with Gasteiger partial charge in [0, 0.05) is 25.3 Å². The smallest absolute Gasteiger partial charge is 0.410 e. The summed E-state index contributed by atoms with van der Waals surface area (Å²) < 4.78 is 10.8. The van der Waals surface area contributed by atoms with Gasteiger partial charge in [-0.2, -0.15) is 0 Å². The molecule has 1 aromatic carbocycles. The van der Waals surface area contributed by atoms with Crippen molar-refractivity contribution in [3.8, 4) is 11.5 Å². The first-order chi connectivity index (χ1) is 16.7. The first-order valence-electron chi connectivity index (χ1n) is 11.4. The molecule has 0 spiro atoms. The third-order valence-corrected chi connectivity index (χ3v) is 7.11. The zero-order valence-corrected chi connectivity index (χ0v) is 19.5. The van der Waals surface area contributed by atoms with Crippen molar-refractivity contribution in [3.05, 3.63) is 66.6 Å². The van der Waals surface area contributed by atoms with Gasteiger partial charge < -0.3 is 14.1 Å². The Labute approximate surface area is 202 Å². The molecule has 2 amide bonds. The fourth-order valence-electron chi connectivity index (χ4n) is 4.54. The van der Waals surface area contributed by atoms with Crippen molar-refractivity contribution >= 4 is 23.8 Å².